The van der Waals surface area contributed by atoms with Crippen molar-refractivity contribution in [3.8, 4) is 0 Å². The van der Waals surface area contributed by atoms with Crippen LogP contribution in [0.3, 0.4) is 0 Å². The van der Waals surface area contributed by atoms with Gasteiger partial charge in [-0.15, -0.1) is 0 Å². The number of hydrogen-bond donors (Lipinski definition) is 1. The molecule has 0 bridgehead atoms. The molecule has 1 atom stereocenters. The molecule has 1 N–H and O–H groups in total. The van der Waals surface area contributed by atoms with Gasteiger partial charge in [0, 0.05) is 13.1 Å². The van der Waals surface area contributed by atoms with Crippen molar-refractivity contribution in [2.45, 2.75) is 31.9 Å². The van der Waals surface area contributed by atoms with Gasteiger partial charge in [-0.05, 0) is 30.9 Å². The average Bonchev–Trinajstić information content (AvgIpc) is 2.82. The topological polar surface area (TPSA) is 67.3 Å². The van der Waals surface area contributed by atoms with Crippen LogP contribution in [0.2, 0.25) is 0 Å². The van der Waals surface area contributed by atoms with Gasteiger partial charge < -0.3 is 14.6 Å². The zero-order valence-electron chi connectivity index (χ0n) is 13.0. The van der Waals surface area contributed by atoms with E-state index in [1.165, 1.54) is 23.8 Å². The first-order valence-electron chi connectivity index (χ1n) is 8.29. The summed E-state index contributed by atoms with van der Waals surface area (Å²) >= 11 is 0. The molecule has 4 rings (SSSR count). The zero-order valence-corrected chi connectivity index (χ0v) is 13.0. The second kappa shape index (κ2) is 5.85. The molecule has 6 nitrogen and oxygen atoms in total. The number of carbonyl (C=O) groups excluding carboxylic acids is 1. The van der Waals surface area contributed by atoms with E-state index in [1.54, 1.807) is 0 Å². The molecule has 23 heavy (non-hydrogen) atoms. The molecule has 1 aliphatic heterocycles. The van der Waals surface area contributed by atoms with Crippen LogP contribution in [0, 0.1) is 5.92 Å². The first kappa shape index (κ1) is 14.5. The van der Waals surface area contributed by atoms with Crippen LogP contribution in [0.15, 0.2) is 29.1 Å². The summed E-state index contributed by atoms with van der Waals surface area (Å²) in [4.78, 5) is 29.4. The maximum atomic E-state index is 12.6. The molecule has 1 aliphatic carbocycles. The van der Waals surface area contributed by atoms with Crippen molar-refractivity contribution in [1.82, 2.24) is 14.5 Å². The highest BCUT2D eigenvalue weighted by molar-refractivity contribution is 5.80. The summed E-state index contributed by atoms with van der Waals surface area (Å²) in [7, 11) is 0. The number of fused-ring (bicyclic) bond motifs is 1. The van der Waals surface area contributed by atoms with Gasteiger partial charge >= 0.3 is 5.69 Å². The molecule has 2 aliphatic rings. The Hall–Kier alpha value is -2.08. The van der Waals surface area contributed by atoms with Gasteiger partial charge in [-0.1, -0.05) is 18.6 Å². The number of nitrogens with one attached hydrogen (secondary N) is 1. The maximum Gasteiger partial charge on any atom is 0.326 e. The highest BCUT2D eigenvalue weighted by atomic mass is 16.5. The average molecular weight is 315 g/mol. The monoisotopic (exact) mass is 315 g/mol. The number of aromatic nitrogens is 2. The smallest absolute Gasteiger partial charge is 0.326 e. The minimum Gasteiger partial charge on any atom is -0.374 e. The number of ether oxygens (including phenoxy) is 1. The lowest BCUT2D eigenvalue weighted by Crippen LogP contribution is -2.50. The molecular weight excluding hydrogens is 294 g/mol. The first-order chi connectivity index (χ1) is 11.2. The SMILES string of the molecule is O=C(Cn1c(=O)[nH]c2ccccc21)N1CCOC(C2CCC2)C1. The number of nitrogens with zero attached hydrogens (tertiary/aromatic N) is 2. The van der Waals surface area contributed by atoms with Crippen molar-refractivity contribution in [2.24, 2.45) is 5.92 Å². The summed E-state index contributed by atoms with van der Waals surface area (Å²) in [5.41, 5.74) is 1.30. The zero-order chi connectivity index (χ0) is 15.8. The van der Waals surface area contributed by atoms with Crippen LogP contribution >= 0.6 is 0 Å². The van der Waals surface area contributed by atoms with Gasteiger partial charge in [0.15, 0.2) is 0 Å². The van der Waals surface area contributed by atoms with Crippen molar-refractivity contribution < 1.29 is 9.53 Å². The molecule has 2 aromatic rings. The van der Waals surface area contributed by atoms with E-state index >= 15 is 0 Å². The molecule has 2 fully saturated rings. The first-order valence-corrected chi connectivity index (χ1v) is 8.29. The number of aromatic amines is 1. The van der Waals surface area contributed by atoms with Crippen LogP contribution in [0.1, 0.15) is 19.3 Å². The van der Waals surface area contributed by atoms with Crippen LogP contribution in [-0.4, -0.2) is 46.2 Å². The maximum absolute atomic E-state index is 12.6. The van der Waals surface area contributed by atoms with Gasteiger partial charge in [0.25, 0.3) is 0 Å². The third kappa shape index (κ3) is 2.67. The van der Waals surface area contributed by atoms with Crippen molar-refractivity contribution in [2.75, 3.05) is 19.7 Å². The molecule has 1 unspecified atom stereocenters. The Morgan fingerprint density at radius 3 is 2.91 bits per heavy atom. The molecule has 6 heteroatoms. The minimum absolute atomic E-state index is 0.00974. The number of hydrogen-bond acceptors (Lipinski definition) is 3. The van der Waals surface area contributed by atoms with E-state index in [2.05, 4.69) is 4.98 Å². The summed E-state index contributed by atoms with van der Waals surface area (Å²) in [5.74, 6) is 0.589. The predicted octanol–water partition coefficient (Wildman–Crippen LogP) is 1.36. The Bertz CT molecular complexity index is 775. The van der Waals surface area contributed by atoms with Crippen molar-refractivity contribution in [1.29, 1.82) is 0 Å². The number of imidazole rings is 1. The van der Waals surface area contributed by atoms with Crippen LogP contribution in [0.25, 0.3) is 11.0 Å². The fraction of sp³-hybridized carbons (Fsp3) is 0.529. The summed E-state index contributed by atoms with van der Waals surface area (Å²) in [6, 6.07) is 7.45. The number of H-pyrrole nitrogens is 1. The number of morpholine rings is 1. The Balaban J connectivity index is 1.50. The highest BCUT2D eigenvalue weighted by Crippen LogP contribution is 2.32. The van der Waals surface area contributed by atoms with E-state index < -0.39 is 0 Å². The van der Waals surface area contributed by atoms with E-state index in [0.29, 0.717) is 25.6 Å². The van der Waals surface area contributed by atoms with Crippen LogP contribution in [-0.2, 0) is 16.1 Å². The Labute approximate surface area is 134 Å². The van der Waals surface area contributed by atoms with E-state index in [9.17, 15) is 9.59 Å². The summed E-state index contributed by atoms with van der Waals surface area (Å²) in [6.45, 7) is 1.94. The standard InChI is InChI=1S/C17H21N3O3/c21-16(19-8-9-23-15(10-19)12-4-3-5-12)11-20-14-7-2-1-6-13(14)18-17(20)22/h1-2,6-7,12,15H,3-5,8-11H2,(H,18,22). The Morgan fingerprint density at radius 1 is 1.30 bits per heavy atom. The number of benzene rings is 1. The quantitative estimate of drug-likeness (QED) is 0.930. The van der Waals surface area contributed by atoms with Gasteiger partial charge in [0.05, 0.1) is 23.7 Å². The summed E-state index contributed by atoms with van der Waals surface area (Å²) in [5, 5.41) is 0. The van der Waals surface area contributed by atoms with Gasteiger partial charge in [0.1, 0.15) is 6.54 Å². The van der Waals surface area contributed by atoms with Crippen molar-refractivity contribution in [3.63, 3.8) is 0 Å². The highest BCUT2D eigenvalue weighted by Gasteiger charge is 2.33. The summed E-state index contributed by atoms with van der Waals surface area (Å²) < 4.78 is 7.34. The van der Waals surface area contributed by atoms with Gasteiger partial charge in [-0.25, -0.2) is 4.79 Å². The molecule has 2 heterocycles. The van der Waals surface area contributed by atoms with Gasteiger partial charge in [0.2, 0.25) is 5.91 Å². The molecule has 0 radical (unpaired) electrons. The Kier molecular flexibility index (Phi) is 3.69. The van der Waals surface area contributed by atoms with E-state index in [1.807, 2.05) is 29.2 Å². The summed E-state index contributed by atoms with van der Waals surface area (Å²) in [6.07, 6.45) is 3.84. The van der Waals surface area contributed by atoms with Gasteiger partial charge in [-0.3, -0.25) is 9.36 Å². The molecule has 0 spiro atoms. The van der Waals surface area contributed by atoms with Crippen molar-refractivity contribution >= 4 is 16.9 Å². The van der Waals surface area contributed by atoms with Gasteiger partial charge in [-0.2, -0.15) is 0 Å². The van der Waals surface area contributed by atoms with Crippen LogP contribution in [0.4, 0.5) is 0 Å². The second-order valence-electron chi connectivity index (χ2n) is 6.47. The molecule has 1 aromatic heterocycles. The lowest BCUT2D eigenvalue weighted by Gasteiger charge is -2.40. The lowest BCUT2D eigenvalue weighted by atomic mass is 9.80. The third-order valence-corrected chi connectivity index (χ3v) is 5.10. The molecule has 1 saturated carbocycles. The van der Waals surface area contributed by atoms with E-state index in [4.69, 9.17) is 4.74 Å². The van der Waals surface area contributed by atoms with Crippen LogP contribution in [0.5, 0.6) is 0 Å². The number of rotatable bonds is 3. The Morgan fingerprint density at radius 2 is 2.13 bits per heavy atom. The molecule has 1 saturated heterocycles. The fourth-order valence-corrected chi connectivity index (χ4v) is 3.50. The third-order valence-electron chi connectivity index (χ3n) is 5.10. The predicted molar refractivity (Wildman–Crippen MR) is 86.2 cm³/mol. The van der Waals surface area contributed by atoms with E-state index in [0.717, 1.165) is 11.0 Å². The molecule has 122 valence electrons. The van der Waals surface area contributed by atoms with Crippen molar-refractivity contribution in [3.05, 3.63) is 34.7 Å². The largest absolute Gasteiger partial charge is 0.374 e. The fourth-order valence-electron chi connectivity index (χ4n) is 3.50. The molecular formula is C17H21N3O3. The number of para-hydroxylation sites is 2. The molecule has 1 amide bonds. The normalized spacial score (nSPS) is 22.3. The lowest BCUT2D eigenvalue weighted by molar-refractivity contribution is -0.143. The molecule has 1 aromatic carbocycles. The number of carbonyl (C=O) groups is 1. The van der Waals surface area contributed by atoms with E-state index in [-0.39, 0.29) is 24.2 Å². The number of amides is 1. The van der Waals surface area contributed by atoms with Crippen LogP contribution < -0.4 is 5.69 Å². The minimum atomic E-state index is -0.233. The second-order valence-corrected chi connectivity index (χ2v) is 6.47.